The Morgan fingerprint density at radius 3 is 2.42 bits per heavy atom. The zero-order valence-electron chi connectivity index (χ0n) is 13.5. The van der Waals surface area contributed by atoms with Crippen LogP contribution >= 0.6 is 0 Å². The summed E-state index contributed by atoms with van der Waals surface area (Å²) in [5, 5.41) is 6.50. The molecule has 0 atom stereocenters. The fourth-order valence-electron chi connectivity index (χ4n) is 2.32. The molecule has 0 aliphatic heterocycles. The summed E-state index contributed by atoms with van der Waals surface area (Å²) in [6, 6.07) is 18.1. The van der Waals surface area contributed by atoms with Crippen LogP contribution in [0.25, 0.3) is 0 Å². The van der Waals surface area contributed by atoms with Crippen molar-refractivity contribution in [2.75, 3.05) is 11.1 Å². The maximum atomic E-state index is 5.80. The molecule has 0 aliphatic carbocycles. The molecule has 0 radical (unpaired) electrons. The lowest BCUT2D eigenvalue weighted by atomic mass is 10.2. The number of nitrogen functional groups attached to an aromatic ring is 1. The van der Waals surface area contributed by atoms with Gasteiger partial charge >= 0.3 is 0 Å². The first kappa shape index (κ1) is 15.9. The Hall–Kier alpha value is -2.99. The van der Waals surface area contributed by atoms with Gasteiger partial charge in [0.15, 0.2) is 0 Å². The quantitative estimate of drug-likeness (QED) is 0.647. The lowest BCUT2D eigenvalue weighted by Gasteiger charge is -2.10. The molecule has 0 bridgehead atoms. The van der Waals surface area contributed by atoms with Crippen LogP contribution < -0.4 is 16.4 Å². The molecular formula is C18H20N6. The maximum absolute atomic E-state index is 5.80. The van der Waals surface area contributed by atoms with Crippen LogP contribution in [0.2, 0.25) is 0 Å². The van der Waals surface area contributed by atoms with Crippen molar-refractivity contribution in [1.82, 2.24) is 20.3 Å². The number of hydrogen-bond acceptors (Lipinski definition) is 6. The third-order valence-electron chi connectivity index (χ3n) is 3.55. The van der Waals surface area contributed by atoms with E-state index in [0.717, 1.165) is 17.8 Å². The number of nitrogens with two attached hydrogens (primary N) is 1. The largest absolute Gasteiger partial charge is 0.368 e. The van der Waals surface area contributed by atoms with Crippen molar-refractivity contribution >= 4 is 17.6 Å². The molecule has 0 saturated carbocycles. The highest BCUT2D eigenvalue weighted by molar-refractivity contribution is 5.58. The highest BCUT2D eigenvalue weighted by Crippen LogP contribution is 2.17. The molecule has 2 aromatic carbocycles. The van der Waals surface area contributed by atoms with E-state index in [2.05, 4.69) is 37.7 Å². The normalized spacial score (nSPS) is 10.5. The Kier molecular flexibility index (Phi) is 4.98. The molecule has 0 unspecified atom stereocenters. The van der Waals surface area contributed by atoms with Gasteiger partial charge in [-0.25, -0.2) is 0 Å². The third-order valence-corrected chi connectivity index (χ3v) is 3.55. The van der Waals surface area contributed by atoms with Crippen LogP contribution in [-0.2, 0) is 13.1 Å². The van der Waals surface area contributed by atoms with E-state index in [-0.39, 0.29) is 5.95 Å². The molecule has 4 N–H and O–H groups in total. The predicted molar refractivity (Wildman–Crippen MR) is 95.7 cm³/mol. The molecule has 6 nitrogen and oxygen atoms in total. The number of rotatable bonds is 6. The summed E-state index contributed by atoms with van der Waals surface area (Å²) in [6.45, 7) is 3.28. The highest BCUT2D eigenvalue weighted by Gasteiger charge is 2.06. The number of hydrogen-bond donors (Lipinski definition) is 3. The van der Waals surface area contributed by atoms with Gasteiger partial charge < -0.3 is 16.4 Å². The van der Waals surface area contributed by atoms with E-state index in [0.29, 0.717) is 18.3 Å². The molecule has 0 saturated heterocycles. The molecule has 3 aromatic rings. The van der Waals surface area contributed by atoms with Crippen molar-refractivity contribution in [3.05, 3.63) is 71.5 Å². The Bertz CT molecular complexity index is 804. The Morgan fingerprint density at radius 1 is 0.875 bits per heavy atom. The van der Waals surface area contributed by atoms with Gasteiger partial charge in [-0.1, -0.05) is 48.5 Å². The third kappa shape index (κ3) is 4.27. The topological polar surface area (TPSA) is 88.8 Å². The zero-order valence-corrected chi connectivity index (χ0v) is 13.5. The van der Waals surface area contributed by atoms with E-state index >= 15 is 0 Å². The lowest BCUT2D eigenvalue weighted by molar-refractivity contribution is 0.661. The van der Waals surface area contributed by atoms with Crippen molar-refractivity contribution in [3.8, 4) is 0 Å². The number of nitrogens with zero attached hydrogens (tertiary/aromatic N) is 3. The minimum Gasteiger partial charge on any atom is -0.368 e. The molecule has 1 heterocycles. The first-order chi connectivity index (χ1) is 11.7. The monoisotopic (exact) mass is 320 g/mol. The van der Waals surface area contributed by atoms with Gasteiger partial charge in [-0.2, -0.15) is 15.0 Å². The zero-order chi connectivity index (χ0) is 16.8. The summed E-state index contributed by atoms with van der Waals surface area (Å²) in [5.41, 5.74) is 9.07. The maximum Gasteiger partial charge on any atom is 0.232 e. The molecule has 0 aliphatic rings. The molecule has 24 heavy (non-hydrogen) atoms. The Balaban J connectivity index is 1.66. The van der Waals surface area contributed by atoms with E-state index in [1.807, 2.05) is 49.4 Å². The number of para-hydroxylation sites is 1. The molecule has 1 aromatic heterocycles. The van der Waals surface area contributed by atoms with E-state index in [1.165, 1.54) is 5.56 Å². The molecule has 0 amide bonds. The van der Waals surface area contributed by atoms with Crippen molar-refractivity contribution in [2.45, 2.75) is 20.0 Å². The average Bonchev–Trinajstić information content (AvgIpc) is 2.57. The van der Waals surface area contributed by atoms with Gasteiger partial charge in [-0.15, -0.1) is 0 Å². The van der Waals surface area contributed by atoms with Crippen LogP contribution in [0.4, 0.5) is 17.6 Å². The Morgan fingerprint density at radius 2 is 1.62 bits per heavy atom. The van der Waals surface area contributed by atoms with E-state index in [1.54, 1.807) is 0 Å². The van der Waals surface area contributed by atoms with Gasteiger partial charge in [0, 0.05) is 12.2 Å². The summed E-state index contributed by atoms with van der Waals surface area (Å²) in [6.07, 6.45) is 0. The first-order valence-corrected chi connectivity index (χ1v) is 7.78. The first-order valence-electron chi connectivity index (χ1n) is 7.78. The number of aromatic nitrogens is 3. The fourth-order valence-corrected chi connectivity index (χ4v) is 2.32. The van der Waals surface area contributed by atoms with Crippen LogP contribution in [-0.4, -0.2) is 15.0 Å². The smallest absolute Gasteiger partial charge is 0.232 e. The minimum atomic E-state index is 0.206. The molecular weight excluding hydrogens is 300 g/mol. The van der Waals surface area contributed by atoms with Gasteiger partial charge in [-0.05, 0) is 24.1 Å². The van der Waals surface area contributed by atoms with Gasteiger partial charge in [0.1, 0.15) is 5.82 Å². The van der Waals surface area contributed by atoms with Crippen molar-refractivity contribution < 1.29 is 0 Å². The van der Waals surface area contributed by atoms with Crippen molar-refractivity contribution in [1.29, 1.82) is 0 Å². The van der Waals surface area contributed by atoms with Crippen molar-refractivity contribution in [2.24, 2.45) is 0 Å². The van der Waals surface area contributed by atoms with Gasteiger partial charge in [-0.3, -0.25) is 0 Å². The summed E-state index contributed by atoms with van der Waals surface area (Å²) in [7, 11) is 0. The summed E-state index contributed by atoms with van der Waals surface area (Å²) < 4.78 is 0. The minimum absolute atomic E-state index is 0.206. The van der Waals surface area contributed by atoms with Crippen molar-refractivity contribution in [3.63, 3.8) is 0 Å². The second-order valence-corrected chi connectivity index (χ2v) is 5.46. The number of benzene rings is 2. The van der Waals surface area contributed by atoms with Crippen LogP contribution in [0.5, 0.6) is 0 Å². The van der Waals surface area contributed by atoms with Gasteiger partial charge in [0.05, 0.1) is 6.54 Å². The van der Waals surface area contributed by atoms with E-state index < -0.39 is 0 Å². The highest BCUT2D eigenvalue weighted by atomic mass is 15.2. The second kappa shape index (κ2) is 7.52. The van der Waals surface area contributed by atoms with Crippen LogP contribution in [0, 0.1) is 6.92 Å². The van der Waals surface area contributed by atoms with Gasteiger partial charge in [0.25, 0.3) is 0 Å². The molecule has 6 heteroatoms. The van der Waals surface area contributed by atoms with E-state index in [4.69, 9.17) is 5.73 Å². The average molecular weight is 320 g/mol. The number of nitrogens with one attached hydrogen (secondary N) is 2. The molecule has 3 rings (SSSR count). The summed E-state index contributed by atoms with van der Waals surface area (Å²) in [4.78, 5) is 12.8. The molecule has 122 valence electrons. The second-order valence-electron chi connectivity index (χ2n) is 5.46. The standard InChI is InChI=1S/C18H20N6/c1-13-7-5-6-10-15(13)21-18-23-16(22-17(19)24-18)12-20-11-14-8-3-2-4-9-14/h2-10,20H,11-12H2,1H3,(H3,19,21,22,23,24). The van der Waals surface area contributed by atoms with E-state index in [9.17, 15) is 0 Å². The Labute approximate surface area is 141 Å². The van der Waals surface area contributed by atoms with Crippen LogP contribution in [0.1, 0.15) is 17.0 Å². The van der Waals surface area contributed by atoms with Crippen LogP contribution in [0.15, 0.2) is 54.6 Å². The summed E-state index contributed by atoms with van der Waals surface area (Å²) in [5.74, 6) is 1.26. The fraction of sp³-hybridized carbons (Fsp3) is 0.167. The molecule has 0 fully saturated rings. The number of aryl methyl sites for hydroxylation is 1. The number of anilines is 3. The van der Waals surface area contributed by atoms with Crippen LogP contribution in [0.3, 0.4) is 0 Å². The lowest BCUT2D eigenvalue weighted by Crippen LogP contribution is -2.17. The molecule has 0 spiro atoms. The summed E-state index contributed by atoms with van der Waals surface area (Å²) >= 11 is 0. The SMILES string of the molecule is Cc1ccccc1Nc1nc(N)nc(CNCc2ccccc2)n1. The predicted octanol–water partition coefficient (Wildman–Crippen LogP) is 2.80. The van der Waals surface area contributed by atoms with Gasteiger partial charge in [0.2, 0.25) is 11.9 Å².